The molecule has 0 unspecified atom stereocenters. The second kappa shape index (κ2) is 5.14. The number of carboxylic acids is 1. The van der Waals surface area contributed by atoms with E-state index < -0.39 is 11.4 Å². The van der Waals surface area contributed by atoms with Gasteiger partial charge < -0.3 is 15.4 Å². The first-order valence-corrected chi connectivity index (χ1v) is 7.99. The molecule has 3 N–H and O–H groups in total. The van der Waals surface area contributed by atoms with Gasteiger partial charge in [-0.3, -0.25) is 9.59 Å². The molecule has 0 radical (unpaired) electrons. The highest BCUT2D eigenvalue weighted by molar-refractivity contribution is 9.13. The largest absolute Gasteiger partial charge is 0.481 e. The highest BCUT2D eigenvalue weighted by atomic mass is 79.9. The number of halogens is 2. The number of carboxylic acid groups (broad SMARTS) is 1. The second-order valence-electron chi connectivity index (χ2n) is 5.28. The van der Waals surface area contributed by atoms with Gasteiger partial charge >= 0.3 is 5.97 Å². The molecule has 21 heavy (non-hydrogen) atoms. The molecule has 0 atom stereocenters. The lowest BCUT2D eigenvalue weighted by atomic mass is 10.1. The number of aliphatic carboxylic acids is 1. The van der Waals surface area contributed by atoms with E-state index in [1.165, 1.54) is 0 Å². The second-order valence-corrected chi connectivity index (χ2v) is 6.99. The number of nitrogens with one attached hydrogen (secondary N) is 2. The van der Waals surface area contributed by atoms with Crippen LogP contribution in [0.4, 0.5) is 0 Å². The van der Waals surface area contributed by atoms with Gasteiger partial charge in [-0.05, 0) is 56.8 Å². The lowest BCUT2D eigenvalue weighted by Gasteiger charge is -2.10. The number of benzene rings is 1. The third kappa shape index (κ3) is 2.60. The molecule has 1 heterocycles. The van der Waals surface area contributed by atoms with Gasteiger partial charge in [0, 0.05) is 32.6 Å². The summed E-state index contributed by atoms with van der Waals surface area (Å²) in [5.41, 5.74) is 0.597. The van der Waals surface area contributed by atoms with Crippen molar-refractivity contribution >= 4 is 54.6 Å². The summed E-state index contributed by atoms with van der Waals surface area (Å²) >= 11 is 6.82. The summed E-state index contributed by atoms with van der Waals surface area (Å²) in [5, 5.41) is 12.6. The molecule has 1 aliphatic carbocycles. The average molecular weight is 416 g/mol. The van der Waals surface area contributed by atoms with Crippen LogP contribution in [0.15, 0.2) is 27.3 Å². The van der Waals surface area contributed by atoms with Crippen LogP contribution < -0.4 is 5.32 Å². The molecule has 0 saturated heterocycles. The van der Waals surface area contributed by atoms with Crippen LogP contribution in [0.2, 0.25) is 0 Å². The van der Waals surface area contributed by atoms with Crippen molar-refractivity contribution in [3.05, 3.63) is 32.8 Å². The zero-order valence-corrected chi connectivity index (χ0v) is 14.0. The van der Waals surface area contributed by atoms with Crippen LogP contribution in [0.3, 0.4) is 0 Å². The first-order chi connectivity index (χ1) is 9.93. The maximum Gasteiger partial charge on any atom is 0.311 e. The smallest absolute Gasteiger partial charge is 0.311 e. The lowest BCUT2D eigenvalue weighted by molar-refractivity contribution is -0.143. The zero-order valence-electron chi connectivity index (χ0n) is 10.9. The minimum atomic E-state index is -0.839. The van der Waals surface area contributed by atoms with Gasteiger partial charge in [-0.1, -0.05) is 0 Å². The van der Waals surface area contributed by atoms with Crippen molar-refractivity contribution in [1.29, 1.82) is 0 Å². The molecule has 1 amide bonds. The Morgan fingerprint density at radius 2 is 1.95 bits per heavy atom. The maximum absolute atomic E-state index is 12.3. The molecule has 1 saturated carbocycles. The number of aromatic amines is 1. The van der Waals surface area contributed by atoms with Crippen LogP contribution in [0.25, 0.3) is 10.9 Å². The number of amides is 1. The molecule has 1 aliphatic rings. The predicted molar refractivity (Wildman–Crippen MR) is 85.3 cm³/mol. The first kappa shape index (κ1) is 14.6. The predicted octanol–water partition coefficient (Wildman–Crippen LogP) is 3.29. The molecule has 7 heteroatoms. The number of carbonyl (C=O) groups excluding carboxylic acids is 1. The van der Waals surface area contributed by atoms with E-state index in [1.54, 1.807) is 6.20 Å². The van der Waals surface area contributed by atoms with Crippen molar-refractivity contribution in [2.45, 2.75) is 12.8 Å². The molecule has 1 aromatic carbocycles. The number of hydrogen-bond donors (Lipinski definition) is 3. The molecule has 0 bridgehead atoms. The molecule has 1 fully saturated rings. The normalized spacial score (nSPS) is 15.9. The average Bonchev–Trinajstić information content (AvgIpc) is 3.13. The fourth-order valence-electron chi connectivity index (χ4n) is 2.27. The molecular weight excluding hydrogens is 404 g/mol. The minimum absolute atomic E-state index is 0.172. The van der Waals surface area contributed by atoms with Crippen LogP contribution in [0.5, 0.6) is 0 Å². The van der Waals surface area contributed by atoms with Crippen molar-refractivity contribution < 1.29 is 14.7 Å². The molecule has 3 rings (SSSR count). The molecule has 1 aromatic heterocycles. The van der Waals surface area contributed by atoms with Crippen molar-refractivity contribution in [3.63, 3.8) is 0 Å². The van der Waals surface area contributed by atoms with Crippen molar-refractivity contribution in [2.24, 2.45) is 5.41 Å². The van der Waals surface area contributed by atoms with Gasteiger partial charge in [0.15, 0.2) is 0 Å². The van der Waals surface area contributed by atoms with E-state index in [0.29, 0.717) is 18.4 Å². The standard InChI is InChI=1S/C14H12Br2N2O3/c15-9-3-7-8(5-17-11(7)4-10(9)16)12(19)18-6-14(1-2-14)13(20)21/h3-5,17H,1-2,6H2,(H,18,19)(H,20,21). The lowest BCUT2D eigenvalue weighted by Crippen LogP contribution is -2.34. The Balaban J connectivity index is 1.82. The highest BCUT2D eigenvalue weighted by Gasteiger charge is 2.50. The molecule has 5 nitrogen and oxygen atoms in total. The minimum Gasteiger partial charge on any atom is -0.481 e. The maximum atomic E-state index is 12.3. The van der Waals surface area contributed by atoms with Crippen molar-refractivity contribution in [3.8, 4) is 0 Å². The quantitative estimate of drug-likeness (QED) is 0.716. The first-order valence-electron chi connectivity index (χ1n) is 6.41. The van der Waals surface area contributed by atoms with Gasteiger partial charge in [0.2, 0.25) is 0 Å². The number of hydrogen-bond acceptors (Lipinski definition) is 2. The van der Waals surface area contributed by atoms with Gasteiger partial charge in [-0.15, -0.1) is 0 Å². The van der Waals surface area contributed by atoms with E-state index in [9.17, 15) is 9.59 Å². The van der Waals surface area contributed by atoms with Gasteiger partial charge in [0.1, 0.15) is 0 Å². The summed E-state index contributed by atoms with van der Waals surface area (Å²) in [4.78, 5) is 26.4. The molecule has 110 valence electrons. The number of fused-ring (bicyclic) bond motifs is 1. The summed E-state index contributed by atoms with van der Waals surface area (Å²) in [5.74, 6) is -1.10. The number of rotatable bonds is 4. The Morgan fingerprint density at radius 1 is 1.29 bits per heavy atom. The van der Waals surface area contributed by atoms with Crippen molar-refractivity contribution in [2.75, 3.05) is 6.54 Å². The van der Waals surface area contributed by atoms with Crippen LogP contribution >= 0.6 is 31.9 Å². The van der Waals surface area contributed by atoms with Crippen molar-refractivity contribution in [1.82, 2.24) is 10.3 Å². The van der Waals surface area contributed by atoms with E-state index in [2.05, 4.69) is 42.2 Å². The topological polar surface area (TPSA) is 82.2 Å². The van der Waals surface area contributed by atoms with Gasteiger partial charge in [-0.2, -0.15) is 0 Å². The summed E-state index contributed by atoms with van der Waals surface area (Å²) in [6.07, 6.45) is 2.88. The molecule has 0 aliphatic heterocycles. The third-order valence-corrected chi connectivity index (χ3v) is 5.71. The SMILES string of the molecule is O=C(NCC1(C(=O)O)CC1)c1c[nH]c2cc(Br)c(Br)cc12. The monoisotopic (exact) mass is 414 g/mol. The summed E-state index contributed by atoms with van der Waals surface area (Å²) in [7, 11) is 0. The Bertz CT molecular complexity index is 750. The summed E-state index contributed by atoms with van der Waals surface area (Å²) in [6, 6.07) is 3.74. The van der Waals surface area contributed by atoms with Crippen LogP contribution in [0, 0.1) is 5.41 Å². The Morgan fingerprint density at radius 3 is 2.57 bits per heavy atom. The molecular formula is C14H12Br2N2O3. The van der Waals surface area contributed by atoms with E-state index in [1.807, 2.05) is 12.1 Å². The Kier molecular flexibility index (Phi) is 3.57. The van der Waals surface area contributed by atoms with Gasteiger partial charge in [0.05, 0.1) is 11.0 Å². The molecule has 0 spiro atoms. The van der Waals surface area contributed by atoms with Gasteiger partial charge in [0.25, 0.3) is 5.91 Å². The van der Waals surface area contributed by atoms with Crippen LogP contribution in [-0.2, 0) is 4.79 Å². The number of carbonyl (C=O) groups is 2. The summed E-state index contributed by atoms with van der Waals surface area (Å²) < 4.78 is 1.75. The van der Waals surface area contributed by atoms with E-state index in [0.717, 1.165) is 19.8 Å². The Labute approximate surface area is 137 Å². The van der Waals surface area contributed by atoms with E-state index >= 15 is 0 Å². The molecule has 2 aromatic rings. The number of aromatic nitrogens is 1. The van der Waals surface area contributed by atoms with Crippen LogP contribution in [0.1, 0.15) is 23.2 Å². The fourth-order valence-corrected chi connectivity index (χ4v) is 2.95. The van der Waals surface area contributed by atoms with E-state index in [4.69, 9.17) is 5.11 Å². The van der Waals surface area contributed by atoms with Crippen LogP contribution in [-0.4, -0.2) is 28.5 Å². The number of H-pyrrole nitrogens is 1. The van der Waals surface area contributed by atoms with Gasteiger partial charge in [-0.25, -0.2) is 0 Å². The fraction of sp³-hybridized carbons (Fsp3) is 0.286. The zero-order chi connectivity index (χ0) is 15.2. The van der Waals surface area contributed by atoms with E-state index in [-0.39, 0.29) is 12.5 Å². The summed E-state index contributed by atoms with van der Waals surface area (Å²) in [6.45, 7) is 0.172. The third-order valence-electron chi connectivity index (χ3n) is 3.86. The highest BCUT2D eigenvalue weighted by Crippen LogP contribution is 2.45. The Hall–Kier alpha value is -1.34.